The Morgan fingerprint density at radius 2 is 1.92 bits per heavy atom. The number of nitrogens with zero attached hydrogens (tertiary/aromatic N) is 1. The summed E-state index contributed by atoms with van der Waals surface area (Å²) in [6.07, 6.45) is 9.00. The summed E-state index contributed by atoms with van der Waals surface area (Å²) in [6.45, 7) is 9.76. The Labute approximate surface area is 228 Å². The van der Waals surface area contributed by atoms with E-state index in [4.69, 9.17) is 9.47 Å². The first-order valence-electron chi connectivity index (χ1n) is 12.3. The second-order valence-electron chi connectivity index (χ2n) is 10.1. The standard InChI is InChI=1S/C29H32N4O5S/c1-7-20-12-8-9-14-25(30-20)38-24-13-10-11-18-15-23(31-26(18)24)28(34)32-21-16-19(29(2,3)4)17-22(27(21)37-5)33-39(6,35)36/h7-11,13-17,31,33H,1,12H2,2-6H3,(H,32,34). The molecule has 2 heterocycles. The maximum atomic E-state index is 13.4. The first kappa shape index (κ1) is 27.7. The van der Waals surface area contributed by atoms with Gasteiger partial charge in [-0.15, -0.1) is 0 Å². The molecule has 1 aliphatic heterocycles. The van der Waals surface area contributed by atoms with Gasteiger partial charge in [0.25, 0.3) is 5.91 Å². The number of aromatic nitrogens is 1. The number of H-pyrrole nitrogens is 1. The largest absolute Gasteiger partial charge is 0.492 e. The molecule has 0 saturated carbocycles. The zero-order chi connectivity index (χ0) is 28.4. The number of hydrogen-bond acceptors (Lipinski definition) is 6. The van der Waals surface area contributed by atoms with Crippen LogP contribution in [-0.2, 0) is 15.4 Å². The number of aliphatic imine (C=N–C) groups is 1. The van der Waals surface area contributed by atoms with Gasteiger partial charge in [0.1, 0.15) is 5.69 Å². The zero-order valence-electron chi connectivity index (χ0n) is 22.6. The topological polar surface area (TPSA) is 122 Å². The average Bonchev–Trinajstić information content (AvgIpc) is 3.17. The smallest absolute Gasteiger partial charge is 0.272 e. The first-order chi connectivity index (χ1) is 18.4. The third-order valence-corrected chi connectivity index (χ3v) is 6.56. The van der Waals surface area contributed by atoms with Gasteiger partial charge in [-0.2, -0.15) is 0 Å². The van der Waals surface area contributed by atoms with Gasteiger partial charge in [0, 0.05) is 23.6 Å². The van der Waals surface area contributed by atoms with Crippen LogP contribution in [0.1, 0.15) is 43.2 Å². The predicted molar refractivity (Wildman–Crippen MR) is 157 cm³/mol. The van der Waals surface area contributed by atoms with E-state index < -0.39 is 15.9 Å². The first-order valence-corrected chi connectivity index (χ1v) is 14.1. The fraction of sp³-hybridized carbons (Fsp3) is 0.241. The van der Waals surface area contributed by atoms with E-state index >= 15 is 0 Å². The molecule has 3 N–H and O–H groups in total. The number of allylic oxidation sites excluding steroid dienone is 4. The lowest BCUT2D eigenvalue weighted by molar-refractivity contribution is 0.102. The monoisotopic (exact) mass is 548 g/mol. The van der Waals surface area contributed by atoms with Gasteiger partial charge >= 0.3 is 0 Å². The van der Waals surface area contributed by atoms with Crippen LogP contribution in [0, 0.1) is 0 Å². The van der Waals surface area contributed by atoms with Crippen LogP contribution in [0.3, 0.4) is 0 Å². The molecular weight excluding hydrogens is 516 g/mol. The number of aromatic amines is 1. The van der Waals surface area contributed by atoms with Crippen molar-refractivity contribution in [3.63, 3.8) is 0 Å². The quantitative estimate of drug-likeness (QED) is 0.323. The molecule has 1 aromatic heterocycles. The number of hydrogen-bond donors (Lipinski definition) is 3. The second kappa shape index (κ2) is 10.8. The van der Waals surface area contributed by atoms with Crippen LogP contribution >= 0.6 is 0 Å². The number of rotatable bonds is 8. The fourth-order valence-electron chi connectivity index (χ4n) is 4.04. The maximum Gasteiger partial charge on any atom is 0.272 e. The molecule has 4 rings (SSSR count). The number of nitrogens with one attached hydrogen (secondary N) is 3. The molecule has 2 aromatic carbocycles. The van der Waals surface area contributed by atoms with Crippen LogP contribution < -0.4 is 19.5 Å². The van der Waals surface area contributed by atoms with Gasteiger partial charge < -0.3 is 19.8 Å². The highest BCUT2D eigenvalue weighted by Gasteiger charge is 2.23. The Morgan fingerprint density at radius 3 is 2.59 bits per heavy atom. The summed E-state index contributed by atoms with van der Waals surface area (Å²) in [7, 11) is -2.18. The molecule has 0 atom stereocenters. The Kier molecular flexibility index (Phi) is 7.69. The van der Waals surface area contributed by atoms with Crippen LogP contribution in [0.2, 0.25) is 0 Å². The van der Waals surface area contributed by atoms with E-state index in [9.17, 15) is 13.2 Å². The van der Waals surface area contributed by atoms with E-state index in [1.807, 2.05) is 45.1 Å². The van der Waals surface area contributed by atoms with E-state index in [1.165, 1.54) is 7.11 Å². The summed E-state index contributed by atoms with van der Waals surface area (Å²) in [5.41, 5.74) is 2.74. The van der Waals surface area contributed by atoms with Crippen molar-refractivity contribution in [1.29, 1.82) is 0 Å². The number of para-hydroxylation sites is 1. The van der Waals surface area contributed by atoms with Crippen LogP contribution in [0.4, 0.5) is 11.4 Å². The lowest BCUT2D eigenvalue weighted by atomic mass is 9.86. The number of ether oxygens (including phenoxy) is 2. The lowest BCUT2D eigenvalue weighted by Crippen LogP contribution is -2.18. The molecule has 39 heavy (non-hydrogen) atoms. The van der Waals surface area contributed by atoms with Gasteiger partial charge in [0.2, 0.25) is 15.9 Å². The molecule has 0 saturated heterocycles. The summed E-state index contributed by atoms with van der Waals surface area (Å²) in [4.78, 5) is 21.0. The van der Waals surface area contributed by atoms with Gasteiger partial charge in [0.05, 0.1) is 30.3 Å². The molecule has 0 spiro atoms. The van der Waals surface area contributed by atoms with Crippen LogP contribution in [0.25, 0.3) is 10.9 Å². The van der Waals surface area contributed by atoms with Crippen LogP contribution in [-0.4, -0.2) is 38.4 Å². The Balaban J connectivity index is 1.70. The van der Waals surface area contributed by atoms with Crippen LogP contribution in [0.5, 0.6) is 11.5 Å². The maximum absolute atomic E-state index is 13.4. The number of amides is 1. The predicted octanol–water partition coefficient (Wildman–Crippen LogP) is 5.90. The number of fused-ring (bicyclic) bond motifs is 1. The number of benzene rings is 2. The van der Waals surface area contributed by atoms with Gasteiger partial charge in [-0.25, -0.2) is 13.4 Å². The highest BCUT2D eigenvalue weighted by Crippen LogP contribution is 2.39. The third kappa shape index (κ3) is 6.58. The van der Waals surface area contributed by atoms with E-state index in [0.717, 1.165) is 22.9 Å². The molecule has 1 aliphatic rings. The van der Waals surface area contributed by atoms with Crippen molar-refractivity contribution in [2.45, 2.75) is 32.6 Å². The number of carbonyl (C=O) groups excluding carboxylic acids is 1. The Morgan fingerprint density at radius 1 is 1.18 bits per heavy atom. The molecule has 0 unspecified atom stereocenters. The van der Waals surface area contributed by atoms with E-state index in [2.05, 4.69) is 26.6 Å². The van der Waals surface area contributed by atoms with Gasteiger partial charge in [-0.1, -0.05) is 51.6 Å². The molecule has 0 bridgehead atoms. The summed E-state index contributed by atoms with van der Waals surface area (Å²) < 4.78 is 38.1. The number of carbonyl (C=O) groups is 1. The average molecular weight is 549 g/mol. The molecular formula is C29H32N4O5S. The summed E-state index contributed by atoms with van der Waals surface area (Å²) in [5.74, 6) is 0.676. The number of sulfonamides is 1. The molecule has 10 heteroatoms. The van der Waals surface area contributed by atoms with E-state index in [1.54, 1.807) is 36.4 Å². The normalized spacial score (nSPS) is 13.8. The molecule has 0 radical (unpaired) electrons. The second-order valence-corrected chi connectivity index (χ2v) is 11.9. The molecule has 1 amide bonds. The van der Waals surface area contributed by atoms with Gasteiger partial charge in [-0.05, 0) is 41.3 Å². The van der Waals surface area contributed by atoms with Crippen molar-refractivity contribution < 1.29 is 22.7 Å². The lowest BCUT2D eigenvalue weighted by Gasteiger charge is -2.23. The fourth-order valence-corrected chi connectivity index (χ4v) is 4.59. The van der Waals surface area contributed by atoms with Crippen molar-refractivity contribution in [1.82, 2.24) is 4.98 Å². The van der Waals surface area contributed by atoms with Crippen molar-refractivity contribution >= 4 is 43.9 Å². The summed E-state index contributed by atoms with van der Waals surface area (Å²) in [5, 5.41) is 3.64. The van der Waals surface area contributed by atoms with Gasteiger partial charge in [-0.3, -0.25) is 9.52 Å². The molecule has 9 nitrogen and oxygen atoms in total. The number of methoxy groups -OCH3 is 1. The molecule has 0 aliphatic carbocycles. The molecule has 0 fully saturated rings. The Bertz CT molecular complexity index is 1640. The highest BCUT2D eigenvalue weighted by molar-refractivity contribution is 7.92. The van der Waals surface area contributed by atoms with E-state index in [0.29, 0.717) is 29.3 Å². The SMILES string of the molecule is C=CC1=NC(Oc2cccc3cc(C(=O)Nc4cc(C(C)(C)C)cc(NS(C)(=O)=O)c4OC)[nH]c23)=CC=CC1. The van der Waals surface area contributed by atoms with Crippen molar-refractivity contribution in [3.05, 3.63) is 84.4 Å². The van der Waals surface area contributed by atoms with Crippen molar-refractivity contribution in [2.75, 3.05) is 23.4 Å². The molecule has 3 aromatic rings. The summed E-state index contributed by atoms with van der Waals surface area (Å²) in [6, 6.07) is 10.7. The minimum absolute atomic E-state index is 0.200. The minimum Gasteiger partial charge on any atom is -0.492 e. The Hall–Kier alpha value is -4.31. The van der Waals surface area contributed by atoms with Gasteiger partial charge in [0.15, 0.2) is 11.5 Å². The zero-order valence-corrected chi connectivity index (χ0v) is 23.4. The number of anilines is 2. The molecule has 204 valence electrons. The minimum atomic E-state index is -3.60. The van der Waals surface area contributed by atoms with Crippen molar-refractivity contribution in [2.24, 2.45) is 4.99 Å². The van der Waals surface area contributed by atoms with Crippen LogP contribution in [0.15, 0.2) is 78.2 Å². The summed E-state index contributed by atoms with van der Waals surface area (Å²) >= 11 is 0. The third-order valence-electron chi connectivity index (χ3n) is 5.97. The van der Waals surface area contributed by atoms with Crippen molar-refractivity contribution in [3.8, 4) is 11.5 Å². The highest BCUT2D eigenvalue weighted by atomic mass is 32.2. The van der Waals surface area contributed by atoms with E-state index in [-0.39, 0.29) is 22.5 Å².